The van der Waals surface area contributed by atoms with Crippen LogP contribution in [0.4, 0.5) is 5.82 Å². The molecule has 1 aromatic carbocycles. The van der Waals surface area contributed by atoms with E-state index in [0.717, 1.165) is 0 Å². The monoisotopic (exact) mass is 403 g/mol. The molecule has 5 N–H and O–H groups in total. The van der Waals surface area contributed by atoms with E-state index in [4.69, 9.17) is 9.47 Å². The number of nitrogens with one attached hydrogen (secondary N) is 1. The van der Waals surface area contributed by atoms with Crippen molar-refractivity contribution < 1.29 is 29.9 Å². The molecule has 0 amide bonds. The smallest absolute Gasteiger partial charge is 0.167 e. The summed E-state index contributed by atoms with van der Waals surface area (Å²) >= 11 is 0. The van der Waals surface area contributed by atoms with Crippen molar-refractivity contribution in [2.75, 3.05) is 19.0 Å². The Hall–Kier alpha value is -2.99. The minimum absolute atomic E-state index is 0.0826. The predicted molar refractivity (Wildman–Crippen MR) is 100 cm³/mol. The van der Waals surface area contributed by atoms with Gasteiger partial charge in [-0.3, -0.25) is 4.57 Å². The lowest BCUT2D eigenvalue weighted by molar-refractivity contribution is -0.0511. The number of aromatic nitrogens is 4. The molecular weight excluding hydrogens is 382 g/mol. The lowest BCUT2D eigenvalue weighted by Gasteiger charge is -2.16. The number of aliphatic hydroxyl groups excluding tert-OH is 3. The van der Waals surface area contributed by atoms with Crippen molar-refractivity contribution >= 4 is 17.0 Å². The van der Waals surface area contributed by atoms with E-state index in [1.165, 1.54) is 24.3 Å². The molecule has 154 valence electrons. The number of hydrogen-bond donors (Lipinski definition) is 5. The van der Waals surface area contributed by atoms with Crippen molar-refractivity contribution in [2.24, 2.45) is 0 Å². The van der Waals surface area contributed by atoms with Gasteiger partial charge < -0.3 is 35.2 Å². The highest BCUT2D eigenvalue weighted by Gasteiger charge is 2.44. The minimum atomic E-state index is -1.25. The number of imidazole rings is 1. The van der Waals surface area contributed by atoms with Crippen LogP contribution in [0, 0.1) is 0 Å². The summed E-state index contributed by atoms with van der Waals surface area (Å²) in [6.45, 7) is -0.200. The van der Waals surface area contributed by atoms with E-state index < -0.39 is 31.1 Å². The number of rotatable bonds is 6. The molecule has 4 atom stereocenters. The number of nitrogens with zero attached hydrogens (tertiary/aromatic N) is 4. The maximum Gasteiger partial charge on any atom is 0.167 e. The van der Waals surface area contributed by atoms with Crippen molar-refractivity contribution in [3.05, 3.63) is 36.4 Å². The van der Waals surface area contributed by atoms with Gasteiger partial charge in [-0.2, -0.15) is 0 Å². The predicted octanol–water partition coefficient (Wildman–Crippen LogP) is -0.236. The number of methoxy groups -OCH3 is 1. The number of fused-ring (bicyclic) bond motifs is 1. The number of phenols is 1. The molecule has 0 aliphatic carbocycles. The highest BCUT2D eigenvalue weighted by Crippen LogP contribution is 2.33. The fraction of sp³-hybridized carbons (Fsp3) is 0.389. The Balaban J connectivity index is 1.62. The third-order valence-corrected chi connectivity index (χ3v) is 4.91. The topological polar surface area (TPSA) is 155 Å². The average Bonchev–Trinajstić information content (AvgIpc) is 3.28. The van der Waals surface area contributed by atoms with Crippen LogP contribution in [0.3, 0.4) is 0 Å². The van der Waals surface area contributed by atoms with Gasteiger partial charge >= 0.3 is 0 Å². The summed E-state index contributed by atoms with van der Waals surface area (Å²) in [5.74, 6) is 1.02. The largest absolute Gasteiger partial charge is 0.507 e. The maximum absolute atomic E-state index is 10.3. The van der Waals surface area contributed by atoms with Crippen LogP contribution in [0.1, 0.15) is 11.8 Å². The first-order valence-corrected chi connectivity index (χ1v) is 8.93. The molecule has 29 heavy (non-hydrogen) atoms. The summed E-state index contributed by atoms with van der Waals surface area (Å²) in [6.07, 6.45) is -1.58. The van der Waals surface area contributed by atoms with E-state index >= 15 is 0 Å². The van der Waals surface area contributed by atoms with Crippen molar-refractivity contribution in [2.45, 2.75) is 31.1 Å². The van der Waals surface area contributed by atoms with Crippen LogP contribution in [0.2, 0.25) is 0 Å². The summed E-state index contributed by atoms with van der Waals surface area (Å²) in [5.41, 5.74) is 1.35. The van der Waals surface area contributed by atoms with Gasteiger partial charge in [-0.15, -0.1) is 0 Å². The van der Waals surface area contributed by atoms with Gasteiger partial charge in [0, 0.05) is 6.54 Å². The zero-order valence-electron chi connectivity index (χ0n) is 15.5. The molecule has 11 nitrogen and oxygen atoms in total. The lowest BCUT2D eigenvalue weighted by Crippen LogP contribution is -2.33. The molecule has 4 rings (SSSR count). The van der Waals surface area contributed by atoms with Gasteiger partial charge in [0.15, 0.2) is 23.2 Å². The molecule has 1 fully saturated rings. The summed E-state index contributed by atoms with van der Waals surface area (Å²) in [4.78, 5) is 12.7. The van der Waals surface area contributed by atoms with Crippen LogP contribution in [0.25, 0.3) is 11.2 Å². The molecular formula is C18H21N5O6. The number of aromatic hydroxyl groups is 1. The maximum atomic E-state index is 10.3. The standard InChI is InChI=1S/C18H21N5O6/c1-28-11-4-2-3-10(25)9(11)5-19-16-13-17(21-7-20-16)23(8-22-13)18-15(27)14(26)12(6-24)29-18/h2-4,7-8,12,14-15,18,24-27H,5-6H2,1H3,(H,19,20,21)/t12-,14-,15-,18?/m1/s1. The zero-order valence-corrected chi connectivity index (χ0v) is 15.5. The molecule has 0 saturated carbocycles. The molecule has 1 unspecified atom stereocenters. The Morgan fingerprint density at radius 3 is 2.76 bits per heavy atom. The summed E-state index contributed by atoms with van der Waals surface area (Å²) in [5, 5.41) is 42.7. The molecule has 3 heterocycles. The summed E-state index contributed by atoms with van der Waals surface area (Å²) < 4.78 is 12.3. The van der Waals surface area contributed by atoms with Crippen molar-refractivity contribution in [3.8, 4) is 11.5 Å². The van der Waals surface area contributed by atoms with Crippen molar-refractivity contribution in [1.82, 2.24) is 19.5 Å². The Morgan fingerprint density at radius 2 is 2.03 bits per heavy atom. The fourth-order valence-electron chi connectivity index (χ4n) is 3.37. The number of hydrogen-bond acceptors (Lipinski definition) is 10. The van der Waals surface area contributed by atoms with E-state index in [2.05, 4.69) is 20.3 Å². The Morgan fingerprint density at radius 1 is 1.21 bits per heavy atom. The second-order valence-electron chi connectivity index (χ2n) is 6.59. The van der Waals surface area contributed by atoms with Crippen LogP contribution in [0.15, 0.2) is 30.9 Å². The second kappa shape index (κ2) is 7.79. The third kappa shape index (κ3) is 3.34. The van der Waals surface area contributed by atoms with Crippen LogP contribution in [0.5, 0.6) is 11.5 Å². The normalized spacial score (nSPS) is 24.1. The van der Waals surface area contributed by atoms with Gasteiger partial charge in [0.1, 0.15) is 36.1 Å². The Labute approximate surface area is 165 Å². The molecule has 1 saturated heterocycles. The Kier molecular flexibility index (Phi) is 5.20. The first kappa shape index (κ1) is 19.3. The minimum Gasteiger partial charge on any atom is -0.507 e. The number of benzene rings is 1. The zero-order chi connectivity index (χ0) is 20.5. The molecule has 1 aliphatic rings. The lowest BCUT2D eigenvalue weighted by atomic mass is 10.1. The highest BCUT2D eigenvalue weighted by molar-refractivity contribution is 5.82. The van der Waals surface area contributed by atoms with Crippen LogP contribution < -0.4 is 10.1 Å². The molecule has 11 heteroatoms. The molecule has 0 bridgehead atoms. The summed E-state index contributed by atoms with van der Waals surface area (Å²) in [6, 6.07) is 4.98. The van der Waals surface area contributed by atoms with Crippen molar-refractivity contribution in [1.29, 1.82) is 0 Å². The highest BCUT2D eigenvalue weighted by atomic mass is 16.6. The second-order valence-corrected chi connectivity index (χ2v) is 6.59. The van der Waals surface area contributed by atoms with Gasteiger partial charge in [-0.1, -0.05) is 6.07 Å². The number of ether oxygens (including phenoxy) is 2. The average molecular weight is 403 g/mol. The van der Waals surface area contributed by atoms with Crippen LogP contribution in [-0.4, -0.2) is 72.0 Å². The third-order valence-electron chi connectivity index (χ3n) is 4.91. The molecule has 0 spiro atoms. The van der Waals surface area contributed by atoms with E-state index in [-0.39, 0.29) is 12.3 Å². The van der Waals surface area contributed by atoms with E-state index in [9.17, 15) is 20.4 Å². The van der Waals surface area contributed by atoms with Gasteiger partial charge in [-0.25, -0.2) is 15.0 Å². The van der Waals surface area contributed by atoms with Gasteiger partial charge in [0.25, 0.3) is 0 Å². The quantitative estimate of drug-likeness (QED) is 0.372. The number of anilines is 1. The molecule has 3 aromatic rings. The van der Waals surface area contributed by atoms with Crippen molar-refractivity contribution in [3.63, 3.8) is 0 Å². The SMILES string of the molecule is COc1cccc(O)c1CNc1ncnc2c1ncn2C1O[C@H](CO)[C@@H](O)[C@H]1O. The van der Waals surface area contributed by atoms with Crippen LogP contribution >= 0.6 is 0 Å². The van der Waals surface area contributed by atoms with Gasteiger partial charge in [0.05, 0.1) is 25.6 Å². The van der Waals surface area contributed by atoms with Gasteiger partial charge in [-0.05, 0) is 12.1 Å². The van der Waals surface area contributed by atoms with Crippen LogP contribution in [-0.2, 0) is 11.3 Å². The van der Waals surface area contributed by atoms with Gasteiger partial charge in [0.2, 0.25) is 0 Å². The first-order valence-electron chi connectivity index (χ1n) is 8.93. The number of aliphatic hydroxyl groups is 3. The van der Waals surface area contributed by atoms with E-state index in [1.54, 1.807) is 18.2 Å². The fourth-order valence-corrected chi connectivity index (χ4v) is 3.37. The van der Waals surface area contributed by atoms with E-state index in [1.807, 2.05) is 0 Å². The molecule has 2 aromatic heterocycles. The summed E-state index contributed by atoms with van der Waals surface area (Å²) in [7, 11) is 1.52. The molecule has 0 radical (unpaired) electrons. The Bertz CT molecular complexity index is 1010. The number of phenolic OH excluding ortho intramolecular Hbond substituents is 1. The molecule has 1 aliphatic heterocycles. The first-order chi connectivity index (χ1) is 14.0. The van der Waals surface area contributed by atoms with E-state index in [0.29, 0.717) is 28.3 Å².